The highest BCUT2D eigenvalue weighted by Crippen LogP contribution is 2.28. The smallest absolute Gasteiger partial charge is 0.359 e. The third-order valence-corrected chi connectivity index (χ3v) is 6.79. The molecule has 0 bridgehead atoms. The fourth-order valence-corrected chi connectivity index (χ4v) is 5.34. The molecular weight excluding hydrogens is 352 g/mol. The van der Waals surface area contributed by atoms with Crippen LogP contribution in [0.4, 0.5) is 0 Å². The number of carbonyl (C=O) groups excluding carboxylic acids is 1. The molecule has 2 aliphatic heterocycles. The van der Waals surface area contributed by atoms with Gasteiger partial charge in [0.05, 0.1) is 17.2 Å². The molecule has 1 aromatic carbocycles. The zero-order valence-corrected chi connectivity index (χ0v) is 15.4. The Morgan fingerprint density at radius 3 is 2.69 bits per heavy atom. The summed E-state index contributed by atoms with van der Waals surface area (Å²) in [5.41, 5.74) is 2.22. The summed E-state index contributed by atoms with van der Waals surface area (Å²) >= 11 is 0. The van der Waals surface area contributed by atoms with Gasteiger partial charge in [0.25, 0.3) is 0 Å². The lowest BCUT2D eigenvalue weighted by Gasteiger charge is -2.10. The van der Waals surface area contributed by atoms with Gasteiger partial charge in [0.1, 0.15) is 11.9 Å². The minimum atomic E-state index is -3.09. The van der Waals surface area contributed by atoms with E-state index < -0.39 is 21.9 Å². The molecule has 2 aromatic rings. The number of carbonyl (C=O) groups is 1. The first-order valence-corrected chi connectivity index (χ1v) is 10.9. The highest BCUT2D eigenvalue weighted by Gasteiger charge is 2.33. The van der Waals surface area contributed by atoms with Crippen molar-refractivity contribution >= 4 is 15.8 Å². The maximum atomic E-state index is 12.7. The van der Waals surface area contributed by atoms with Gasteiger partial charge in [0.15, 0.2) is 15.5 Å². The minimum Gasteiger partial charge on any atom is -0.456 e. The van der Waals surface area contributed by atoms with Crippen molar-refractivity contribution in [3.8, 4) is 11.4 Å². The molecule has 7 heteroatoms. The molecule has 0 N–H and O–H groups in total. The lowest BCUT2D eigenvalue weighted by molar-refractivity contribution is 0.0348. The van der Waals surface area contributed by atoms with Crippen LogP contribution in [0.3, 0.4) is 0 Å². The van der Waals surface area contributed by atoms with Gasteiger partial charge >= 0.3 is 5.97 Å². The van der Waals surface area contributed by atoms with E-state index in [1.54, 1.807) is 0 Å². The third kappa shape index (κ3) is 3.40. The molecule has 1 atom stereocenters. The van der Waals surface area contributed by atoms with Gasteiger partial charge in [-0.1, -0.05) is 36.8 Å². The molecular formula is C19H22N2O4S. The summed E-state index contributed by atoms with van der Waals surface area (Å²) in [6, 6.07) is 9.83. The zero-order valence-electron chi connectivity index (χ0n) is 14.6. The number of aromatic nitrogens is 2. The fraction of sp³-hybridized carbons (Fsp3) is 0.474. The predicted molar refractivity (Wildman–Crippen MR) is 97.7 cm³/mol. The summed E-state index contributed by atoms with van der Waals surface area (Å²) in [7, 11) is -3.09. The lowest BCUT2D eigenvalue weighted by Crippen LogP contribution is -2.20. The van der Waals surface area contributed by atoms with Crippen LogP contribution in [0.25, 0.3) is 11.4 Å². The number of rotatable bonds is 3. The van der Waals surface area contributed by atoms with E-state index in [4.69, 9.17) is 4.74 Å². The summed E-state index contributed by atoms with van der Waals surface area (Å²) in [5.74, 6) is 0.287. The first-order chi connectivity index (χ1) is 12.5. The Morgan fingerprint density at radius 2 is 1.96 bits per heavy atom. The van der Waals surface area contributed by atoms with Gasteiger partial charge in [-0.3, -0.25) is 0 Å². The van der Waals surface area contributed by atoms with E-state index in [1.807, 2.05) is 30.3 Å². The Kier molecular flexibility index (Phi) is 4.56. The molecule has 1 fully saturated rings. The van der Waals surface area contributed by atoms with Crippen LogP contribution >= 0.6 is 0 Å². The number of ether oxygens (including phenoxy) is 1. The topological polar surface area (TPSA) is 78.3 Å². The van der Waals surface area contributed by atoms with Gasteiger partial charge in [0, 0.05) is 12.1 Å². The summed E-state index contributed by atoms with van der Waals surface area (Å²) in [4.78, 5) is 17.4. The van der Waals surface area contributed by atoms with Crippen LogP contribution in [0.5, 0.6) is 0 Å². The van der Waals surface area contributed by atoms with Crippen LogP contribution in [-0.2, 0) is 27.5 Å². The number of fused-ring (bicyclic) bond motifs is 1. The number of imidazole rings is 1. The van der Waals surface area contributed by atoms with Crippen molar-refractivity contribution in [2.45, 2.75) is 44.8 Å². The van der Waals surface area contributed by atoms with E-state index >= 15 is 0 Å². The average Bonchev–Trinajstić information content (AvgIpc) is 3.05. The molecule has 0 aliphatic carbocycles. The SMILES string of the molecule is O=C(OC1CCS(=O)(=O)C1)c1nc(-c2ccccc2)n2c1CCCCC2. The molecule has 1 aromatic heterocycles. The fourth-order valence-electron chi connectivity index (χ4n) is 3.75. The Balaban J connectivity index is 1.67. The van der Waals surface area contributed by atoms with Crippen molar-refractivity contribution in [2.24, 2.45) is 0 Å². The zero-order chi connectivity index (χ0) is 18.1. The lowest BCUT2D eigenvalue weighted by atomic mass is 10.1. The van der Waals surface area contributed by atoms with Crippen LogP contribution in [-0.4, -0.2) is 41.5 Å². The van der Waals surface area contributed by atoms with Crippen molar-refractivity contribution in [2.75, 3.05) is 11.5 Å². The molecule has 0 saturated carbocycles. The van der Waals surface area contributed by atoms with Gasteiger partial charge in [0.2, 0.25) is 0 Å². The number of benzene rings is 1. The van der Waals surface area contributed by atoms with Gasteiger partial charge in [-0.05, 0) is 25.7 Å². The van der Waals surface area contributed by atoms with Crippen LogP contribution < -0.4 is 0 Å². The summed E-state index contributed by atoms with van der Waals surface area (Å²) < 4.78 is 30.9. The maximum Gasteiger partial charge on any atom is 0.359 e. The van der Waals surface area contributed by atoms with Gasteiger partial charge in [-0.2, -0.15) is 0 Å². The van der Waals surface area contributed by atoms with Crippen molar-refractivity contribution in [3.63, 3.8) is 0 Å². The standard InChI is InChI=1S/C19H22N2O4S/c22-19(25-15-10-12-26(23,24)13-15)17-16-9-5-2-6-11-21(16)18(20-17)14-7-3-1-4-8-14/h1,3-4,7-8,15H,2,5-6,9-13H2. The third-order valence-electron chi connectivity index (χ3n) is 5.06. The first kappa shape index (κ1) is 17.3. The molecule has 0 radical (unpaired) electrons. The second-order valence-electron chi connectivity index (χ2n) is 6.99. The van der Waals surface area contributed by atoms with Crippen LogP contribution in [0.1, 0.15) is 41.9 Å². The predicted octanol–water partition coefficient (Wildman–Crippen LogP) is 2.62. The van der Waals surface area contributed by atoms with E-state index in [2.05, 4.69) is 9.55 Å². The molecule has 138 valence electrons. The highest BCUT2D eigenvalue weighted by atomic mass is 32.2. The van der Waals surface area contributed by atoms with E-state index in [0.717, 1.165) is 49.3 Å². The second-order valence-corrected chi connectivity index (χ2v) is 9.22. The molecule has 3 heterocycles. The van der Waals surface area contributed by atoms with E-state index in [0.29, 0.717) is 12.1 Å². The summed E-state index contributed by atoms with van der Waals surface area (Å²) in [5, 5.41) is 0. The maximum absolute atomic E-state index is 12.7. The Hall–Kier alpha value is -2.15. The van der Waals surface area contributed by atoms with Crippen LogP contribution in [0, 0.1) is 0 Å². The number of hydrogen-bond donors (Lipinski definition) is 0. The normalized spacial score (nSPS) is 21.8. The Morgan fingerprint density at radius 1 is 1.15 bits per heavy atom. The molecule has 26 heavy (non-hydrogen) atoms. The minimum absolute atomic E-state index is 0.0830. The van der Waals surface area contributed by atoms with E-state index in [1.165, 1.54) is 0 Å². The van der Waals surface area contributed by atoms with Gasteiger partial charge in [-0.25, -0.2) is 18.2 Å². The molecule has 0 spiro atoms. The average molecular weight is 374 g/mol. The largest absolute Gasteiger partial charge is 0.456 e. The van der Waals surface area contributed by atoms with E-state index in [9.17, 15) is 13.2 Å². The van der Waals surface area contributed by atoms with Crippen LogP contribution in [0.2, 0.25) is 0 Å². The summed E-state index contributed by atoms with van der Waals surface area (Å²) in [6.07, 6.45) is 3.78. The number of esters is 1. The van der Waals surface area contributed by atoms with Gasteiger partial charge < -0.3 is 9.30 Å². The second kappa shape index (κ2) is 6.87. The Labute approximate surface area is 153 Å². The molecule has 4 rings (SSSR count). The highest BCUT2D eigenvalue weighted by molar-refractivity contribution is 7.91. The molecule has 1 unspecified atom stereocenters. The first-order valence-electron chi connectivity index (χ1n) is 9.10. The number of sulfone groups is 1. The quantitative estimate of drug-likeness (QED) is 0.772. The van der Waals surface area contributed by atoms with E-state index in [-0.39, 0.29) is 11.5 Å². The van der Waals surface area contributed by atoms with Crippen LogP contribution in [0.15, 0.2) is 30.3 Å². The monoisotopic (exact) mass is 374 g/mol. The van der Waals surface area contributed by atoms with Gasteiger partial charge in [-0.15, -0.1) is 0 Å². The van der Waals surface area contributed by atoms with Crippen molar-refractivity contribution < 1.29 is 17.9 Å². The molecule has 6 nitrogen and oxygen atoms in total. The molecule has 2 aliphatic rings. The number of hydrogen-bond acceptors (Lipinski definition) is 5. The van der Waals surface area contributed by atoms with Crippen molar-refractivity contribution in [1.29, 1.82) is 0 Å². The Bertz CT molecular complexity index is 919. The number of nitrogens with zero attached hydrogens (tertiary/aromatic N) is 2. The van der Waals surface area contributed by atoms with Crippen molar-refractivity contribution in [3.05, 3.63) is 41.7 Å². The summed E-state index contributed by atoms with van der Waals surface area (Å²) in [6.45, 7) is 0.831. The van der Waals surface area contributed by atoms with Crippen molar-refractivity contribution in [1.82, 2.24) is 9.55 Å². The molecule has 1 saturated heterocycles. The molecule has 0 amide bonds.